The monoisotopic (exact) mass is 268 g/mol. The fourth-order valence-corrected chi connectivity index (χ4v) is 1.75. The van der Waals surface area contributed by atoms with Crippen LogP contribution in [0.5, 0.6) is 0 Å². The third-order valence-corrected chi connectivity index (χ3v) is 2.84. The van der Waals surface area contributed by atoms with Gasteiger partial charge in [-0.2, -0.15) is 0 Å². The van der Waals surface area contributed by atoms with Gasteiger partial charge in [0, 0.05) is 36.4 Å². The third-order valence-electron chi connectivity index (χ3n) is 2.84. The largest absolute Gasteiger partial charge is 0.350 e. The maximum Gasteiger partial charge on any atom is 0.253 e. The van der Waals surface area contributed by atoms with Crippen LogP contribution in [-0.4, -0.2) is 35.7 Å². The van der Waals surface area contributed by atoms with E-state index in [1.54, 1.807) is 24.3 Å². The zero-order valence-electron chi connectivity index (χ0n) is 10.6. The lowest BCUT2D eigenvalue weighted by Crippen LogP contribution is -2.38. The lowest BCUT2D eigenvalue weighted by molar-refractivity contribution is -0.136. The summed E-state index contributed by atoms with van der Waals surface area (Å²) in [5, 5.41) is 2.64. The second-order valence-corrected chi connectivity index (χ2v) is 4.14. The van der Waals surface area contributed by atoms with Crippen LogP contribution < -0.4 is 5.32 Å². The minimum Gasteiger partial charge on any atom is -0.350 e. The maximum absolute atomic E-state index is 11.8. The van der Waals surface area contributed by atoms with E-state index in [1.807, 2.05) is 0 Å². The summed E-state index contributed by atoms with van der Waals surface area (Å²) in [4.78, 5) is 35.5. The lowest BCUT2D eigenvalue weighted by atomic mass is 10.1. The van der Waals surface area contributed by atoms with Gasteiger partial charge in [-0.1, -0.05) is 5.92 Å². The van der Waals surface area contributed by atoms with Crippen LogP contribution in [0.15, 0.2) is 36.4 Å². The summed E-state index contributed by atoms with van der Waals surface area (Å²) in [6.45, 7) is 0.355. The van der Waals surface area contributed by atoms with Gasteiger partial charge in [-0.15, -0.1) is 6.42 Å². The van der Waals surface area contributed by atoms with Gasteiger partial charge in [0.1, 0.15) is 0 Å². The minimum atomic E-state index is -0.359. The normalized spacial score (nSPS) is 13.4. The highest BCUT2D eigenvalue weighted by Crippen LogP contribution is 2.04. The molecule has 0 atom stereocenters. The highest BCUT2D eigenvalue weighted by atomic mass is 16.2. The van der Waals surface area contributed by atoms with Crippen LogP contribution in [0.4, 0.5) is 0 Å². The van der Waals surface area contributed by atoms with Gasteiger partial charge in [-0.3, -0.25) is 19.3 Å². The predicted molar refractivity (Wildman–Crippen MR) is 72.6 cm³/mol. The van der Waals surface area contributed by atoms with E-state index in [0.717, 1.165) is 4.90 Å². The molecule has 3 amide bonds. The number of benzene rings is 1. The topological polar surface area (TPSA) is 66.5 Å². The highest BCUT2D eigenvalue weighted by molar-refractivity contribution is 6.12. The zero-order chi connectivity index (χ0) is 14.5. The number of nitrogens with one attached hydrogen (secondary N) is 1. The summed E-state index contributed by atoms with van der Waals surface area (Å²) in [5.41, 5.74) is 1.17. The van der Waals surface area contributed by atoms with E-state index in [0.29, 0.717) is 11.1 Å². The average Bonchev–Trinajstić information content (AvgIpc) is 2.79. The molecule has 0 saturated heterocycles. The van der Waals surface area contributed by atoms with Crippen LogP contribution in [0.2, 0.25) is 0 Å². The Hall–Kier alpha value is -2.87. The van der Waals surface area contributed by atoms with Crippen molar-refractivity contribution in [3.63, 3.8) is 0 Å². The molecule has 0 aliphatic carbocycles. The van der Waals surface area contributed by atoms with E-state index < -0.39 is 0 Å². The number of carbonyl (C=O) groups is 3. The number of rotatable bonds is 4. The molecule has 20 heavy (non-hydrogen) atoms. The molecule has 100 valence electrons. The number of hydrogen-bond donors (Lipinski definition) is 1. The van der Waals surface area contributed by atoms with E-state index in [9.17, 15) is 14.4 Å². The number of hydrogen-bond acceptors (Lipinski definition) is 3. The second-order valence-electron chi connectivity index (χ2n) is 4.14. The Balaban J connectivity index is 1.85. The minimum absolute atomic E-state index is 0.152. The molecule has 0 aromatic heterocycles. The molecule has 0 radical (unpaired) electrons. The number of nitrogens with zero attached hydrogens (tertiary/aromatic N) is 1. The molecule has 1 aromatic rings. The van der Waals surface area contributed by atoms with Crippen molar-refractivity contribution >= 4 is 17.7 Å². The average molecular weight is 268 g/mol. The molecule has 5 nitrogen and oxygen atoms in total. The van der Waals surface area contributed by atoms with Crippen LogP contribution >= 0.6 is 0 Å². The summed E-state index contributed by atoms with van der Waals surface area (Å²) in [7, 11) is 0. The molecule has 5 heteroatoms. The van der Waals surface area contributed by atoms with Crippen molar-refractivity contribution in [3.05, 3.63) is 47.5 Å². The molecule has 0 fully saturated rings. The summed E-state index contributed by atoms with van der Waals surface area (Å²) >= 11 is 0. The van der Waals surface area contributed by atoms with Gasteiger partial charge in [0.05, 0.1) is 0 Å². The van der Waals surface area contributed by atoms with Gasteiger partial charge in [0.15, 0.2) is 0 Å². The van der Waals surface area contributed by atoms with E-state index in [2.05, 4.69) is 11.2 Å². The smallest absolute Gasteiger partial charge is 0.253 e. The molecule has 0 unspecified atom stereocenters. The van der Waals surface area contributed by atoms with Crippen LogP contribution in [0, 0.1) is 12.3 Å². The molecule has 1 aromatic carbocycles. The molecule has 1 heterocycles. The first-order valence-corrected chi connectivity index (χ1v) is 6.00. The molecule has 1 aliphatic rings. The Morgan fingerprint density at radius 3 is 2.30 bits per heavy atom. The van der Waals surface area contributed by atoms with Crippen molar-refractivity contribution in [2.75, 3.05) is 13.1 Å². The Morgan fingerprint density at radius 1 is 1.15 bits per heavy atom. The van der Waals surface area contributed by atoms with Crippen molar-refractivity contribution < 1.29 is 14.4 Å². The number of imide groups is 1. The molecular formula is C15H12N2O3. The molecule has 0 bridgehead atoms. The summed E-state index contributed by atoms with van der Waals surface area (Å²) < 4.78 is 0. The second kappa shape index (κ2) is 5.85. The Labute approximate surface area is 116 Å². The van der Waals surface area contributed by atoms with E-state index >= 15 is 0 Å². The summed E-state index contributed by atoms with van der Waals surface area (Å²) in [6.07, 6.45) is 7.65. The van der Waals surface area contributed by atoms with Crippen molar-refractivity contribution in [2.45, 2.75) is 0 Å². The molecule has 1 N–H and O–H groups in total. The van der Waals surface area contributed by atoms with Crippen molar-refractivity contribution in [1.29, 1.82) is 0 Å². The molecular weight excluding hydrogens is 256 g/mol. The predicted octanol–water partition coefficient (Wildman–Crippen LogP) is 0.323. The van der Waals surface area contributed by atoms with E-state index in [4.69, 9.17) is 6.42 Å². The Bertz CT molecular complexity index is 606. The first-order chi connectivity index (χ1) is 9.61. The quantitative estimate of drug-likeness (QED) is 0.632. The molecule has 2 rings (SSSR count). The van der Waals surface area contributed by atoms with Gasteiger partial charge in [0.2, 0.25) is 0 Å². The molecule has 0 spiro atoms. The summed E-state index contributed by atoms with van der Waals surface area (Å²) in [5.74, 6) is 1.47. The van der Waals surface area contributed by atoms with Crippen LogP contribution in [0.3, 0.4) is 0 Å². The molecule has 0 saturated carbocycles. The number of terminal acetylenes is 1. The van der Waals surface area contributed by atoms with Crippen molar-refractivity contribution in [1.82, 2.24) is 10.2 Å². The Morgan fingerprint density at radius 2 is 1.75 bits per heavy atom. The Kier molecular flexibility index (Phi) is 3.96. The van der Waals surface area contributed by atoms with E-state index in [1.165, 1.54) is 12.2 Å². The van der Waals surface area contributed by atoms with E-state index in [-0.39, 0.29) is 30.8 Å². The van der Waals surface area contributed by atoms with Crippen LogP contribution in [-0.2, 0) is 9.59 Å². The first-order valence-electron chi connectivity index (χ1n) is 6.00. The maximum atomic E-state index is 11.8. The molecule has 1 aliphatic heterocycles. The van der Waals surface area contributed by atoms with Crippen molar-refractivity contribution in [2.24, 2.45) is 0 Å². The fourth-order valence-electron chi connectivity index (χ4n) is 1.75. The summed E-state index contributed by atoms with van der Waals surface area (Å²) in [6, 6.07) is 6.59. The van der Waals surface area contributed by atoms with Crippen molar-refractivity contribution in [3.8, 4) is 12.3 Å². The van der Waals surface area contributed by atoms with Gasteiger partial charge in [0.25, 0.3) is 17.7 Å². The first kappa shape index (κ1) is 13.6. The number of amides is 3. The van der Waals surface area contributed by atoms with Crippen LogP contribution in [0.25, 0.3) is 0 Å². The standard InChI is InChI=1S/C15H12N2O3/c1-2-11-3-5-12(6-4-11)15(20)16-9-10-17-13(18)7-8-14(17)19/h1,3-8H,9-10H2,(H,16,20). The third kappa shape index (κ3) is 2.93. The SMILES string of the molecule is C#Cc1ccc(C(=O)NCCN2C(=O)C=CC2=O)cc1. The zero-order valence-corrected chi connectivity index (χ0v) is 10.6. The van der Waals surface area contributed by atoms with Crippen LogP contribution in [0.1, 0.15) is 15.9 Å². The number of carbonyl (C=O) groups excluding carboxylic acids is 3. The van der Waals surface area contributed by atoms with Gasteiger partial charge >= 0.3 is 0 Å². The fraction of sp³-hybridized carbons (Fsp3) is 0.133. The van der Waals surface area contributed by atoms with Gasteiger partial charge < -0.3 is 5.32 Å². The van der Waals surface area contributed by atoms with Gasteiger partial charge in [-0.05, 0) is 24.3 Å². The van der Waals surface area contributed by atoms with Gasteiger partial charge in [-0.25, -0.2) is 0 Å². The lowest BCUT2D eigenvalue weighted by Gasteiger charge is -2.13. The highest BCUT2D eigenvalue weighted by Gasteiger charge is 2.22.